The van der Waals surface area contributed by atoms with E-state index in [1.54, 1.807) is 13.2 Å². The molecule has 0 unspecified atom stereocenters. The third-order valence-corrected chi connectivity index (χ3v) is 5.16. The largest absolute Gasteiger partial charge is 0.497 e. The van der Waals surface area contributed by atoms with Gasteiger partial charge >= 0.3 is 5.97 Å². The standard InChI is InChI=1S/C21H21NO3/c1-25-15-11-10-14(18(12-15)21(23)24)13-22-19-8-4-2-6-16(19)17-7-3-5-9-20(17)22/h2,4,6,8,10-12H,3,5,7,9,13H2,1H3,(H,23,24). The molecule has 4 rings (SSSR count). The highest BCUT2D eigenvalue weighted by Gasteiger charge is 2.21. The van der Waals surface area contributed by atoms with E-state index >= 15 is 0 Å². The molecule has 0 bridgehead atoms. The molecule has 2 aromatic carbocycles. The van der Waals surface area contributed by atoms with Crippen molar-refractivity contribution < 1.29 is 14.6 Å². The first-order chi connectivity index (χ1) is 12.2. The van der Waals surface area contributed by atoms with Gasteiger partial charge in [0.05, 0.1) is 12.7 Å². The van der Waals surface area contributed by atoms with Gasteiger partial charge in [-0.2, -0.15) is 0 Å². The van der Waals surface area contributed by atoms with E-state index in [0.29, 0.717) is 17.9 Å². The SMILES string of the molecule is COc1ccc(Cn2c3c(c4ccccc42)CCCC3)c(C(=O)O)c1. The van der Waals surface area contributed by atoms with Crippen LogP contribution < -0.4 is 4.74 Å². The molecule has 0 atom stereocenters. The second kappa shape index (κ2) is 6.28. The molecule has 128 valence electrons. The molecule has 0 aliphatic heterocycles. The van der Waals surface area contributed by atoms with Crippen LogP contribution in [0.2, 0.25) is 0 Å². The topological polar surface area (TPSA) is 51.5 Å². The van der Waals surface area contributed by atoms with Crippen LogP contribution in [0.15, 0.2) is 42.5 Å². The number of para-hydroxylation sites is 1. The molecular weight excluding hydrogens is 314 g/mol. The van der Waals surface area contributed by atoms with Crippen molar-refractivity contribution in [2.24, 2.45) is 0 Å². The maximum absolute atomic E-state index is 11.7. The van der Waals surface area contributed by atoms with E-state index in [1.165, 1.54) is 35.0 Å². The molecule has 0 fully saturated rings. The molecule has 0 spiro atoms. The summed E-state index contributed by atoms with van der Waals surface area (Å²) >= 11 is 0. The van der Waals surface area contributed by atoms with E-state index in [9.17, 15) is 9.90 Å². The number of rotatable bonds is 4. The first-order valence-electron chi connectivity index (χ1n) is 8.68. The van der Waals surface area contributed by atoms with Gasteiger partial charge in [0.2, 0.25) is 0 Å². The number of fused-ring (bicyclic) bond motifs is 3. The van der Waals surface area contributed by atoms with Crippen LogP contribution in [-0.4, -0.2) is 22.8 Å². The van der Waals surface area contributed by atoms with Crippen LogP contribution in [0.5, 0.6) is 5.75 Å². The zero-order chi connectivity index (χ0) is 17.4. The Kier molecular flexibility index (Phi) is 3.96. The molecular formula is C21H21NO3. The highest BCUT2D eigenvalue weighted by Crippen LogP contribution is 2.33. The molecule has 0 amide bonds. The third-order valence-electron chi connectivity index (χ3n) is 5.16. The molecule has 1 aliphatic carbocycles. The first-order valence-corrected chi connectivity index (χ1v) is 8.68. The minimum absolute atomic E-state index is 0.307. The van der Waals surface area contributed by atoms with Crippen LogP contribution in [-0.2, 0) is 19.4 Å². The van der Waals surface area contributed by atoms with Crippen LogP contribution in [0.1, 0.15) is 40.0 Å². The van der Waals surface area contributed by atoms with E-state index in [-0.39, 0.29) is 0 Å². The van der Waals surface area contributed by atoms with Gasteiger partial charge in [-0.3, -0.25) is 0 Å². The number of aromatic nitrogens is 1. The number of carboxylic acids is 1. The fourth-order valence-corrected chi connectivity index (χ4v) is 3.96. The van der Waals surface area contributed by atoms with Crippen molar-refractivity contribution in [2.45, 2.75) is 32.2 Å². The van der Waals surface area contributed by atoms with Crippen molar-refractivity contribution in [3.05, 3.63) is 64.8 Å². The van der Waals surface area contributed by atoms with E-state index in [4.69, 9.17) is 4.74 Å². The summed E-state index contributed by atoms with van der Waals surface area (Å²) in [5.74, 6) is -0.347. The quantitative estimate of drug-likeness (QED) is 0.774. The number of aromatic carboxylic acids is 1. The lowest BCUT2D eigenvalue weighted by Gasteiger charge is -2.17. The highest BCUT2D eigenvalue weighted by molar-refractivity contribution is 5.90. The van der Waals surface area contributed by atoms with Crippen LogP contribution in [0, 0.1) is 0 Å². The lowest BCUT2D eigenvalue weighted by atomic mass is 9.95. The number of benzene rings is 2. The Morgan fingerprint density at radius 3 is 2.76 bits per heavy atom. The number of aryl methyl sites for hydroxylation is 1. The molecule has 0 saturated heterocycles. The lowest BCUT2D eigenvalue weighted by molar-refractivity contribution is 0.0695. The number of ether oxygens (including phenoxy) is 1. The van der Waals surface area contributed by atoms with Crippen LogP contribution in [0.25, 0.3) is 10.9 Å². The molecule has 3 aromatic rings. The minimum atomic E-state index is -0.917. The zero-order valence-electron chi connectivity index (χ0n) is 14.3. The Balaban J connectivity index is 1.86. The fraction of sp³-hybridized carbons (Fsp3) is 0.286. The van der Waals surface area contributed by atoms with Gasteiger partial charge in [-0.05, 0) is 55.0 Å². The minimum Gasteiger partial charge on any atom is -0.497 e. The van der Waals surface area contributed by atoms with Crippen molar-refractivity contribution in [2.75, 3.05) is 7.11 Å². The van der Waals surface area contributed by atoms with Gasteiger partial charge < -0.3 is 14.4 Å². The van der Waals surface area contributed by atoms with Gasteiger partial charge in [0, 0.05) is 23.1 Å². The summed E-state index contributed by atoms with van der Waals surface area (Å²) in [4.78, 5) is 11.7. The third kappa shape index (κ3) is 2.68. The molecule has 1 aliphatic rings. The Morgan fingerprint density at radius 2 is 1.96 bits per heavy atom. The number of hydrogen-bond acceptors (Lipinski definition) is 2. The first kappa shape index (κ1) is 15.8. The number of carboxylic acid groups (broad SMARTS) is 1. The van der Waals surface area contributed by atoms with Gasteiger partial charge in [-0.15, -0.1) is 0 Å². The molecule has 1 heterocycles. The molecule has 1 aromatic heterocycles. The number of methoxy groups -OCH3 is 1. The predicted molar refractivity (Wildman–Crippen MR) is 97.6 cm³/mol. The van der Waals surface area contributed by atoms with Crippen molar-refractivity contribution in [1.82, 2.24) is 4.57 Å². The number of carbonyl (C=O) groups is 1. The molecule has 0 saturated carbocycles. The fourth-order valence-electron chi connectivity index (χ4n) is 3.96. The van der Waals surface area contributed by atoms with Crippen LogP contribution >= 0.6 is 0 Å². The molecule has 25 heavy (non-hydrogen) atoms. The lowest BCUT2D eigenvalue weighted by Crippen LogP contribution is -2.12. The van der Waals surface area contributed by atoms with Gasteiger partial charge in [-0.1, -0.05) is 24.3 Å². The van der Waals surface area contributed by atoms with Gasteiger partial charge in [0.1, 0.15) is 5.75 Å². The average molecular weight is 335 g/mol. The second-order valence-corrected chi connectivity index (χ2v) is 6.56. The van der Waals surface area contributed by atoms with E-state index < -0.39 is 5.97 Å². The number of hydrogen-bond donors (Lipinski definition) is 1. The van der Waals surface area contributed by atoms with Crippen molar-refractivity contribution >= 4 is 16.9 Å². The summed E-state index contributed by atoms with van der Waals surface area (Å²) in [5.41, 5.74) is 5.11. The van der Waals surface area contributed by atoms with Gasteiger partial charge in [-0.25, -0.2) is 4.79 Å². The smallest absolute Gasteiger partial charge is 0.336 e. The van der Waals surface area contributed by atoms with Crippen molar-refractivity contribution in [3.63, 3.8) is 0 Å². The predicted octanol–water partition coefficient (Wildman–Crippen LogP) is 4.28. The molecule has 4 nitrogen and oxygen atoms in total. The maximum Gasteiger partial charge on any atom is 0.336 e. The summed E-state index contributed by atoms with van der Waals surface area (Å²) in [6, 6.07) is 13.8. The monoisotopic (exact) mass is 335 g/mol. The average Bonchev–Trinajstić information content (AvgIpc) is 2.96. The van der Waals surface area contributed by atoms with Gasteiger partial charge in [0.15, 0.2) is 0 Å². The Hall–Kier alpha value is -2.75. The summed E-state index contributed by atoms with van der Waals surface area (Å²) in [6.07, 6.45) is 4.58. The van der Waals surface area contributed by atoms with Crippen molar-refractivity contribution in [3.8, 4) is 5.75 Å². The Labute approximate surface area is 146 Å². The van der Waals surface area contributed by atoms with E-state index in [1.807, 2.05) is 12.1 Å². The van der Waals surface area contributed by atoms with Crippen LogP contribution in [0.3, 0.4) is 0 Å². The molecule has 0 radical (unpaired) electrons. The highest BCUT2D eigenvalue weighted by atomic mass is 16.5. The summed E-state index contributed by atoms with van der Waals surface area (Å²) in [5, 5.41) is 10.9. The Bertz CT molecular complexity index is 955. The zero-order valence-corrected chi connectivity index (χ0v) is 14.3. The summed E-state index contributed by atoms with van der Waals surface area (Å²) in [7, 11) is 1.55. The van der Waals surface area contributed by atoms with Crippen molar-refractivity contribution in [1.29, 1.82) is 0 Å². The maximum atomic E-state index is 11.7. The summed E-state index contributed by atoms with van der Waals surface area (Å²) in [6.45, 7) is 0.571. The number of nitrogens with zero attached hydrogens (tertiary/aromatic N) is 1. The second-order valence-electron chi connectivity index (χ2n) is 6.56. The normalized spacial score (nSPS) is 13.6. The van der Waals surface area contributed by atoms with E-state index in [2.05, 4.69) is 28.8 Å². The van der Waals surface area contributed by atoms with Crippen LogP contribution in [0.4, 0.5) is 0 Å². The molecule has 1 N–H and O–H groups in total. The van der Waals surface area contributed by atoms with Gasteiger partial charge in [0.25, 0.3) is 0 Å². The molecule has 4 heteroatoms. The van der Waals surface area contributed by atoms with E-state index in [0.717, 1.165) is 18.4 Å². The Morgan fingerprint density at radius 1 is 1.16 bits per heavy atom. The summed E-state index contributed by atoms with van der Waals surface area (Å²) < 4.78 is 7.49.